The highest BCUT2D eigenvalue weighted by Crippen LogP contribution is 2.26. The van der Waals surface area contributed by atoms with Crippen molar-refractivity contribution < 1.29 is 21.6 Å². The first-order valence-corrected chi connectivity index (χ1v) is 7.31. The summed E-state index contributed by atoms with van der Waals surface area (Å²) in [6.45, 7) is 0. The summed E-state index contributed by atoms with van der Waals surface area (Å²) in [6, 6.07) is 4.85. The molecule has 104 valence electrons. The maximum absolute atomic E-state index is 13.4. The monoisotopic (exact) mass is 318 g/mol. The lowest BCUT2D eigenvalue weighted by Crippen LogP contribution is -2.14. The molecule has 1 aromatic heterocycles. The number of sulfonamides is 1. The van der Waals surface area contributed by atoms with Crippen molar-refractivity contribution in [2.45, 2.75) is 4.21 Å². The Morgan fingerprint density at radius 2 is 1.75 bits per heavy atom. The van der Waals surface area contributed by atoms with Crippen molar-refractivity contribution in [2.24, 2.45) is 0 Å². The number of hydrogen-bond acceptors (Lipinski definition) is 4. The molecular weight excluding hydrogens is 313 g/mol. The minimum absolute atomic E-state index is 0.130. The van der Waals surface area contributed by atoms with Gasteiger partial charge in [-0.1, -0.05) is 0 Å². The number of benzene rings is 1. The Morgan fingerprint density at radius 3 is 2.25 bits per heavy atom. The van der Waals surface area contributed by atoms with Gasteiger partial charge in [0.2, 0.25) is 0 Å². The lowest BCUT2D eigenvalue weighted by Gasteiger charge is -2.08. The molecule has 0 spiro atoms. The number of nitrogens with zero attached hydrogens (tertiary/aromatic N) is 1. The van der Waals surface area contributed by atoms with Crippen LogP contribution in [0.5, 0.6) is 0 Å². The van der Waals surface area contributed by atoms with E-state index in [0.29, 0.717) is 23.5 Å². The first-order chi connectivity index (χ1) is 9.33. The zero-order valence-corrected chi connectivity index (χ0v) is 11.2. The van der Waals surface area contributed by atoms with E-state index in [0.717, 1.165) is 6.07 Å². The molecule has 0 saturated heterocycles. The molecule has 0 aliphatic rings. The Labute approximate surface area is 116 Å². The molecule has 0 bridgehead atoms. The minimum Gasteiger partial charge on any atom is -0.273 e. The van der Waals surface area contributed by atoms with Gasteiger partial charge in [0.25, 0.3) is 10.0 Å². The largest absolute Gasteiger partial charge is 0.273 e. The van der Waals surface area contributed by atoms with E-state index in [1.54, 1.807) is 10.8 Å². The number of anilines is 1. The first kappa shape index (κ1) is 14.4. The maximum atomic E-state index is 13.4. The van der Waals surface area contributed by atoms with Gasteiger partial charge in [0.05, 0.1) is 0 Å². The van der Waals surface area contributed by atoms with Crippen LogP contribution in [0.2, 0.25) is 0 Å². The lowest BCUT2D eigenvalue weighted by molar-refractivity contribution is 0.547. The smallest absolute Gasteiger partial charge is 0.271 e. The van der Waals surface area contributed by atoms with Crippen LogP contribution in [0.3, 0.4) is 0 Å². The predicted molar refractivity (Wildman–Crippen MR) is 66.2 cm³/mol. The van der Waals surface area contributed by atoms with E-state index in [1.807, 2.05) is 0 Å². The number of hydrogen-bond donors (Lipinski definition) is 1. The number of nitrogens with one attached hydrogen (secondary N) is 1. The number of thiophene rings is 1. The van der Waals surface area contributed by atoms with Crippen molar-refractivity contribution in [3.63, 3.8) is 0 Å². The summed E-state index contributed by atoms with van der Waals surface area (Å²) >= 11 is 0.643. The topological polar surface area (TPSA) is 70.0 Å². The summed E-state index contributed by atoms with van der Waals surface area (Å²) in [6.07, 6.45) is 0. The molecule has 0 atom stereocenters. The third kappa shape index (κ3) is 2.76. The van der Waals surface area contributed by atoms with Crippen molar-refractivity contribution in [3.05, 3.63) is 46.6 Å². The van der Waals surface area contributed by atoms with Crippen LogP contribution in [0.25, 0.3) is 0 Å². The van der Waals surface area contributed by atoms with Crippen LogP contribution < -0.4 is 4.72 Å². The van der Waals surface area contributed by atoms with Crippen molar-refractivity contribution in [1.82, 2.24) is 0 Å². The fourth-order valence-corrected chi connectivity index (χ4v) is 3.53. The zero-order valence-electron chi connectivity index (χ0n) is 9.52. The second-order valence-corrected chi connectivity index (χ2v) is 6.57. The second kappa shape index (κ2) is 5.15. The number of halogens is 3. The summed E-state index contributed by atoms with van der Waals surface area (Å²) in [7, 11) is -4.25. The SMILES string of the molecule is N#Cc1ccc(S(=O)(=O)Nc2c(F)cc(F)cc2F)s1. The van der Waals surface area contributed by atoms with Gasteiger partial charge >= 0.3 is 0 Å². The highest BCUT2D eigenvalue weighted by molar-refractivity contribution is 7.94. The van der Waals surface area contributed by atoms with Gasteiger partial charge < -0.3 is 0 Å². The average molecular weight is 318 g/mol. The summed E-state index contributed by atoms with van der Waals surface area (Å²) in [4.78, 5) is 0.130. The van der Waals surface area contributed by atoms with E-state index >= 15 is 0 Å². The van der Waals surface area contributed by atoms with Crippen molar-refractivity contribution in [2.75, 3.05) is 4.72 Å². The molecule has 0 unspecified atom stereocenters. The normalized spacial score (nSPS) is 11.1. The molecule has 20 heavy (non-hydrogen) atoms. The average Bonchev–Trinajstić information content (AvgIpc) is 2.83. The molecule has 0 aliphatic carbocycles. The molecule has 0 aliphatic heterocycles. The van der Waals surface area contributed by atoms with Crippen LogP contribution in [0, 0.1) is 28.8 Å². The Morgan fingerprint density at radius 1 is 1.15 bits per heavy atom. The fourth-order valence-electron chi connectivity index (χ4n) is 1.35. The van der Waals surface area contributed by atoms with Crippen LogP contribution in [0.4, 0.5) is 18.9 Å². The summed E-state index contributed by atoms with van der Waals surface area (Å²) in [5.41, 5.74) is -0.974. The molecule has 2 aromatic rings. The Kier molecular flexibility index (Phi) is 3.69. The van der Waals surface area contributed by atoms with E-state index in [1.165, 1.54) is 6.07 Å². The molecule has 1 heterocycles. The van der Waals surface area contributed by atoms with Crippen LogP contribution in [0.1, 0.15) is 4.88 Å². The van der Waals surface area contributed by atoms with Gasteiger partial charge in [0.1, 0.15) is 26.7 Å². The first-order valence-electron chi connectivity index (χ1n) is 5.01. The molecule has 0 amide bonds. The van der Waals surface area contributed by atoms with Gasteiger partial charge in [0.15, 0.2) is 11.6 Å². The van der Waals surface area contributed by atoms with Crippen molar-refractivity contribution in [3.8, 4) is 6.07 Å². The van der Waals surface area contributed by atoms with Crippen molar-refractivity contribution >= 4 is 27.0 Å². The molecule has 2 rings (SSSR count). The van der Waals surface area contributed by atoms with Gasteiger partial charge in [-0.3, -0.25) is 4.72 Å². The molecular formula is C11H5F3N2O2S2. The van der Waals surface area contributed by atoms with Crippen LogP contribution in [-0.4, -0.2) is 8.42 Å². The number of rotatable bonds is 3. The molecule has 0 fully saturated rings. The fraction of sp³-hybridized carbons (Fsp3) is 0. The van der Waals surface area contributed by atoms with E-state index in [9.17, 15) is 21.6 Å². The molecule has 9 heteroatoms. The van der Waals surface area contributed by atoms with Crippen LogP contribution in [-0.2, 0) is 10.0 Å². The molecule has 4 nitrogen and oxygen atoms in total. The van der Waals surface area contributed by atoms with Gasteiger partial charge in [-0.15, -0.1) is 11.3 Å². The van der Waals surface area contributed by atoms with E-state index in [2.05, 4.69) is 0 Å². The lowest BCUT2D eigenvalue weighted by atomic mass is 10.3. The van der Waals surface area contributed by atoms with Gasteiger partial charge in [-0.2, -0.15) is 5.26 Å². The zero-order chi connectivity index (χ0) is 14.9. The standard InChI is InChI=1S/C11H5F3N2O2S2/c12-6-3-8(13)11(9(14)4-6)16-20(17,18)10-2-1-7(5-15)19-10/h1-4,16H. The van der Waals surface area contributed by atoms with Crippen LogP contribution >= 0.6 is 11.3 Å². The Hall–Kier alpha value is -2.05. The highest BCUT2D eigenvalue weighted by Gasteiger charge is 2.21. The van der Waals surface area contributed by atoms with Crippen molar-refractivity contribution in [1.29, 1.82) is 5.26 Å². The third-order valence-corrected chi connectivity index (χ3v) is 5.03. The molecule has 1 aromatic carbocycles. The van der Waals surface area contributed by atoms with E-state index in [4.69, 9.17) is 5.26 Å². The van der Waals surface area contributed by atoms with Gasteiger partial charge in [-0.05, 0) is 12.1 Å². The number of nitriles is 1. The highest BCUT2D eigenvalue weighted by atomic mass is 32.2. The van der Waals surface area contributed by atoms with Gasteiger partial charge in [-0.25, -0.2) is 21.6 Å². The molecule has 0 saturated carbocycles. The van der Waals surface area contributed by atoms with E-state index < -0.39 is 33.2 Å². The summed E-state index contributed by atoms with van der Waals surface area (Å²) < 4.78 is 64.6. The van der Waals surface area contributed by atoms with Gasteiger partial charge in [0, 0.05) is 12.1 Å². The quantitative estimate of drug-likeness (QED) is 0.946. The summed E-state index contributed by atoms with van der Waals surface area (Å²) in [5, 5.41) is 8.61. The molecule has 0 radical (unpaired) electrons. The maximum Gasteiger partial charge on any atom is 0.271 e. The Bertz CT molecular complexity index is 786. The summed E-state index contributed by atoms with van der Waals surface area (Å²) in [5.74, 6) is -3.91. The van der Waals surface area contributed by atoms with Crippen LogP contribution in [0.15, 0.2) is 28.5 Å². The third-order valence-electron chi connectivity index (χ3n) is 2.20. The second-order valence-electron chi connectivity index (χ2n) is 3.58. The van der Waals surface area contributed by atoms with E-state index in [-0.39, 0.29) is 9.09 Å². The predicted octanol–water partition coefficient (Wildman–Crippen LogP) is 2.84. The Balaban J connectivity index is 2.41. The molecule has 1 N–H and O–H groups in total. The minimum atomic E-state index is -4.25.